The minimum atomic E-state index is -0.449. The molecule has 0 spiro atoms. The Morgan fingerprint density at radius 3 is 3.04 bits per heavy atom. The molecular formula is C19H21N5O3. The Labute approximate surface area is 157 Å². The standard InChI is InChI=1S/C19H21N5O3/c1-13-11-23(12-20-13)16-6-5-14(9-17(16)26-2)8-15-4-3-7-24-18(10-21-25)27-22-19(15)24/h5-6,8-12,18,25H,3-4,7H2,1-2H3/b15-8+,21-10+/t18-/m0/s1. The number of methoxy groups -OCH3 is 1. The highest BCUT2D eigenvalue weighted by Crippen LogP contribution is 2.29. The average Bonchev–Trinajstić information content (AvgIpc) is 3.29. The van der Waals surface area contributed by atoms with Gasteiger partial charge in [-0.1, -0.05) is 16.4 Å². The van der Waals surface area contributed by atoms with Gasteiger partial charge < -0.3 is 24.2 Å². The summed E-state index contributed by atoms with van der Waals surface area (Å²) in [5.74, 6) is 1.56. The molecule has 1 saturated heterocycles. The van der Waals surface area contributed by atoms with E-state index in [9.17, 15) is 0 Å². The number of benzene rings is 1. The molecule has 8 heteroatoms. The molecule has 0 unspecified atom stereocenters. The zero-order valence-electron chi connectivity index (χ0n) is 15.2. The number of aryl methyl sites for hydroxylation is 1. The maximum absolute atomic E-state index is 8.77. The summed E-state index contributed by atoms with van der Waals surface area (Å²) in [6.45, 7) is 2.77. The summed E-state index contributed by atoms with van der Waals surface area (Å²) >= 11 is 0. The minimum Gasteiger partial charge on any atom is -0.495 e. The van der Waals surface area contributed by atoms with Crippen LogP contribution in [0.5, 0.6) is 5.75 Å². The largest absolute Gasteiger partial charge is 0.495 e. The topological polar surface area (TPSA) is 84.5 Å². The van der Waals surface area contributed by atoms with E-state index in [-0.39, 0.29) is 0 Å². The third-order valence-electron chi connectivity index (χ3n) is 4.69. The van der Waals surface area contributed by atoms with Crippen LogP contribution in [0.15, 0.2) is 46.6 Å². The van der Waals surface area contributed by atoms with Crippen LogP contribution >= 0.6 is 0 Å². The second-order valence-corrected chi connectivity index (χ2v) is 6.50. The van der Waals surface area contributed by atoms with E-state index in [1.165, 1.54) is 6.21 Å². The predicted molar refractivity (Wildman–Crippen MR) is 101 cm³/mol. The lowest BCUT2D eigenvalue weighted by Gasteiger charge is -2.28. The zero-order chi connectivity index (χ0) is 18.8. The van der Waals surface area contributed by atoms with Crippen LogP contribution in [0.25, 0.3) is 11.8 Å². The first-order chi connectivity index (χ1) is 13.2. The molecule has 2 aliphatic heterocycles. The van der Waals surface area contributed by atoms with Crippen molar-refractivity contribution >= 4 is 18.1 Å². The van der Waals surface area contributed by atoms with E-state index in [0.717, 1.165) is 53.5 Å². The Morgan fingerprint density at radius 1 is 1.41 bits per heavy atom. The van der Waals surface area contributed by atoms with Crippen molar-refractivity contribution in [1.29, 1.82) is 0 Å². The highest BCUT2D eigenvalue weighted by Gasteiger charge is 2.33. The molecule has 3 heterocycles. The Balaban J connectivity index is 1.64. The first-order valence-corrected chi connectivity index (χ1v) is 8.77. The number of nitrogens with zero attached hydrogens (tertiary/aromatic N) is 5. The van der Waals surface area contributed by atoms with Crippen molar-refractivity contribution in [3.8, 4) is 11.4 Å². The van der Waals surface area contributed by atoms with Gasteiger partial charge in [0.2, 0.25) is 6.23 Å². The van der Waals surface area contributed by atoms with Crippen LogP contribution in [0.4, 0.5) is 0 Å². The molecule has 1 atom stereocenters. The lowest BCUT2D eigenvalue weighted by atomic mass is 10.00. The number of ether oxygens (including phenoxy) is 1. The smallest absolute Gasteiger partial charge is 0.240 e. The number of hydrogen-bond donors (Lipinski definition) is 1. The molecule has 4 rings (SSSR count). The molecule has 0 bridgehead atoms. The molecule has 0 amide bonds. The second kappa shape index (κ2) is 7.14. The molecule has 8 nitrogen and oxygen atoms in total. The number of rotatable bonds is 4. The van der Waals surface area contributed by atoms with Crippen molar-refractivity contribution in [2.75, 3.05) is 13.7 Å². The van der Waals surface area contributed by atoms with E-state index in [1.807, 2.05) is 40.8 Å². The summed E-state index contributed by atoms with van der Waals surface area (Å²) in [7, 11) is 1.66. The van der Waals surface area contributed by atoms with Crippen molar-refractivity contribution in [3.05, 3.63) is 47.6 Å². The Morgan fingerprint density at radius 2 is 2.30 bits per heavy atom. The minimum absolute atomic E-state index is 0.449. The van der Waals surface area contributed by atoms with E-state index < -0.39 is 6.23 Å². The molecule has 2 aliphatic rings. The van der Waals surface area contributed by atoms with Crippen LogP contribution in [0, 0.1) is 6.92 Å². The summed E-state index contributed by atoms with van der Waals surface area (Å²) in [6, 6.07) is 6.06. The lowest BCUT2D eigenvalue weighted by molar-refractivity contribution is 0.0624. The summed E-state index contributed by atoms with van der Waals surface area (Å²) in [5.41, 5.74) is 3.99. The summed E-state index contributed by atoms with van der Waals surface area (Å²) in [4.78, 5) is 11.6. The number of amidine groups is 1. The monoisotopic (exact) mass is 367 g/mol. The molecule has 1 aromatic carbocycles. The molecule has 1 N–H and O–H groups in total. The maximum atomic E-state index is 8.77. The van der Waals surface area contributed by atoms with E-state index in [4.69, 9.17) is 14.8 Å². The first-order valence-electron chi connectivity index (χ1n) is 8.77. The van der Waals surface area contributed by atoms with Gasteiger partial charge >= 0.3 is 0 Å². The van der Waals surface area contributed by atoms with Crippen LogP contribution < -0.4 is 4.74 Å². The fourth-order valence-electron chi connectivity index (χ4n) is 3.41. The fraction of sp³-hybridized carbons (Fsp3) is 0.316. The predicted octanol–water partition coefficient (Wildman–Crippen LogP) is 2.80. The van der Waals surface area contributed by atoms with Gasteiger partial charge in [-0.05, 0) is 49.1 Å². The summed E-state index contributed by atoms with van der Waals surface area (Å²) in [5, 5.41) is 16.0. The van der Waals surface area contributed by atoms with Gasteiger partial charge in [0, 0.05) is 12.7 Å². The van der Waals surface area contributed by atoms with Gasteiger partial charge in [-0.15, -0.1) is 0 Å². The van der Waals surface area contributed by atoms with Crippen molar-refractivity contribution in [2.24, 2.45) is 10.3 Å². The molecular weight excluding hydrogens is 346 g/mol. The molecule has 0 radical (unpaired) electrons. The van der Waals surface area contributed by atoms with Gasteiger partial charge in [0.1, 0.15) is 12.0 Å². The van der Waals surface area contributed by atoms with Crippen LogP contribution in [0.2, 0.25) is 0 Å². The van der Waals surface area contributed by atoms with Crippen molar-refractivity contribution < 1.29 is 14.8 Å². The molecule has 140 valence electrons. The van der Waals surface area contributed by atoms with E-state index in [2.05, 4.69) is 21.4 Å². The average molecular weight is 367 g/mol. The number of fused-ring (bicyclic) bond motifs is 1. The molecule has 1 aromatic heterocycles. The molecule has 27 heavy (non-hydrogen) atoms. The molecule has 2 aromatic rings. The van der Waals surface area contributed by atoms with E-state index >= 15 is 0 Å². The number of imidazole rings is 1. The maximum Gasteiger partial charge on any atom is 0.240 e. The van der Waals surface area contributed by atoms with Gasteiger partial charge in [-0.25, -0.2) is 4.98 Å². The van der Waals surface area contributed by atoms with Crippen molar-refractivity contribution in [3.63, 3.8) is 0 Å². The van der Waals surface area contributed by atoms with Crippen LogP contribution in [0.1, 0.15) is 24.1 Å². The van der Waals surface area contributed by atoms with Crippen LogP contribution in [-0.2, 0) is 4.84 Å². The van der Waals surface area contributed by atoms with Crippen molar-refractivity contribution in [1.82, 2.24) is 14.5 Å². The van der Waals surface area contributed by atoms with Gasteiger partial charge in [-0.3, -0.25) is 0 Å². The molecule has 0 aliphatic carbocycles. The van der Waals surface area contributed by atoms with Crippen LogP contribution in [0.3, 0.4) is 0 Å². The third kappa shape index (κ3) is 3.25. The van der Waals surface area contributed by atoms with Gasteiger partial charge in [-0.2, -0.15) is 0 Å². The normalized spacial score (nSPS) is 20.7. The highest BCUT2D eigenvalue weighted by molar-refractivity contribution is 6.04. The zero-order valence-corrected chi connectivity index (χ0v) is 15.2. The number of hydrogen-bond acceptors (Lipinski definition) is 7. The molecule has 0 saturated carbocycles. The third-order valence-corrected chi connectivity index (χ3v) is 4.69. The highest BCUT2D eigenvalue weighted by atomic mass is 16.7. The van der Waals surface area contributed by atoms with Crippen molar-refractivity contribution in [2.45, 2.75) is 26.0 Å². The van der Waals surface area contributed by atoms with Gasteiger partial charge in [0.15, 0.2) is 5.84 Å². The fourth-order valence-corrected chi connectivity index (χ4v) is 3.41. The number of oxime groups is 2. The second-order valence-electron chi connectivity index (χ2n) is 6.50. The van der Waals surface area contributed by atoms with Gasteiger partial charge in [0.05, 0.1) is 24.8 Å². The SMILES string of the molecule is COc1cc(/C=C2\CCCN3C2=NO[C@H]3/C=N/O)ccc1-n1cnc(C)c1. The number of aromatic nitrogens is 2. The van der Waals surface area contributed by atoms with E-state index in [1.54, 1.807) is 13.4 Å². The quantitative estimate of drug-likeness (QED) is 0.510. The summed E-state index contributed by atoms with van der Waals surface area (Å²) in [6.07, 6.45) is 8.61. The van der Waals surface area contributed by atoms with Gasteiger partial charge in [0.25, 0.3) is 0 Å². The summed E-state index contributed by atoms with van der Waals surface area (Å²) < 4.78 is 7.53. The lowest BCUT2D eigenvalue weighted by Crippen LogP contribution is -2.41. The van der Waals surface area contributed by atoms with E-state index in [0.29, 0.717) is 0 Å². The van der Waals surface area contributed by atoms with Crippen LogP contribution in [-0.4, -0.2) is 51.6 Å². The Kier molecular flexibility index (Phi) is 4.53. The Bertz CT molecular complexity index is 931. The number of piperidine rings is 1. The first kappa shape index (κ1) is 17.1. The Hall–Kier alpha value is -3.29. The molecule has 1 fully saturated rings.